The molecule has 0 rings (SSSR count). The van der Waals surface area contributed by atoms with E-state index in [9.17, 15) is 87.6 Å². The van der Waals surface area contributed by atoms with Gasteiger partial charge in [-0.1, -0.05) is 0 Å². The standard InChI is InChI=1S/C8HF17O3S.Na/c9-1(6(18,19)20,3(12,13)8(24,25)29(26,27)28)2(10,11)4(14,15)5(16,17)7(21,22)23;/h(H,26,27,28);/q;+1/p-1. The van der Waals surface area contributed by atoms with Crippen LogP contribution >= 0.6 is 0 Å². The van der Waals surface area contributed by atoms with Gasteiger partial charge >= 0.3 is 76.5 Å². The zero-order valence-corrected chi connectivity index (χ0v) is 15.9. The number of hydrogen-bond acceptors (Lipinski definition) is 3. The third-order valence-corrected chi connectivity index (χ3v) is 3.96. The molecule has 0 aliphatic heterocycles. The molecular weight excluding hydrogens is 522 g/mol. The minimum Gasteiger partial charge on any atom is -0.743 e. The summed E-state index contributed by atoms with van der Waals surface area (Å²) < 4.78 is 246. The quantitative estimate of drug-likeness (QED) is 0.302. The number of alkyl halides is 17. The second-order valence-electron chi connectivity index (χ2n) is 4.92. The van der Waals surface area contributed by atoms with Gasteiger partial charge in [-0.3, -0.25) is 0 Å². The van der Waals surface area contributed by atoms with Crippen molar-refractivity contribution in [3.05, 3.63) is 0 Å². The van der Waals surface area contributed by atoms with Gasteiger partial charge in [0, 0.05) is 0 Å². The Kier molecular flexibility index (Phi) is 8.13. The molecule has 0 aliphatic rings. The van der Waals surface area contributed by atoms with Crippen LogP contribution in [-0.4, -0.2) is 59.9 Å². The van der Waals surface area contributed by atoms with Crippen molar-refractivity contribution in [3.63, 3.8) is 0 Å². The minimum absolute atomic E-state index is 0. The van der Waals surface area contributed by atoms with Crippen molar-refractivity contribution < 1.29 is 117 Å². The smallest absolute Gasteiger partial charge is 0.743 e. The van der Waals surface area contributed by atoms with Crippen molar-refractivity contribution in [1.29, 1.82) is 0 Å². The summed E-state index contributed by atoms with van der Waals surface area (Å²) in [5, 5.41) is -8.20. The van der Waals surface area contributed by atoms with Crippen LogP contribution in [0.25, 0.3) is 0 Å². The maximum atomic E-state index is 13.6. The molecule has 1 unspecified atom stereocenters. The normalized spacial score (nSPS) is 17.9. The summed E-state index contributed by atoms with van der Waals surface area (Å²) in [6.45, 7) is 0. The molecule has 22 heteroatoms. The molecule has 0 fully saturated rings. The zero-order chi connectivity index (χ0) is 24.5. The van der Waals surface area contributed by atoms with Crippen LogP contribution in [-0.2, 0) is 10.1 Å². The maximum absolute atomic E-state index is 13.6. The van der Waals surface area contributed by atoms with Gasteiger partial charge in [0.05, 0.1) is 0 Å². The Morgan fingerprint density at radius 1 is 0.467 bits per heavy atom. The summed E-state index contributed by atoms with van der Waals surface area (Å²) in [5.41, 5.74) is -9.15. The molecule has 176 valence electrons. The van der Waals surface area contributed by atoms with Crippen LogP contribution in [0.1, 0.15) is 0 Å². The van der Waals surface area contributed by atoms with Crippen LogP contribution in [0.4, 0.5) is 74.6 Å². The molecule has 1 atom stereocenters. The van der Waals surface area contributed by atoms with E-state index in [0.717, 1.165) is 0 Å². The first-order valence-corrected chi connectivity index (χ1v) is 7.08. The van der Waals surface area contributed by atoms with Gasteiger partial charge in [0.25, 0.3) is 0 Å². The van der Waals surface area contributed by atoms with E-state index in [-0.39, 0.29) is 29.6 Å². The largest absolute Gasteiger partial charge is 1.00 e. The van der Waals surface area contributed by atoms with Gasteiger partial charge in [-0.25, -0.2) is 12.8 Å². The second kappa shape index (κ2) is 7.65. The van der Waals surface area contributed by atoms with Crippen LogP contribution in [0, 0.1) is 0 Å². The van der Waals surface area contributed by atoms with Gasteiger partial charge in [0.15, 0.2) is 10.1 Å². The van der Waals surface area contributed by atoms with Gasteiger partial charge in [0.1, 0.15) is 0 Å². The fourth-order valence-corrected chi connectivity index (χ4v) is 1.96. The molecule has 0 heterocycles. The fourth-order valence-electron chi connectivity index (χ4n) is 1.50. The summed E-state index contributed by atoms with van der Waals surface area (Å²) in [7, 11) is -8.33. The molecule has 0 saturated heterocycles. The van der Waals surface area contributed by atoms with Crippen LogP contribution in [0.2, 0.25) is 0 Å². The Morgan fingerprint density at radius 2 is 0.767 bits per heavy atom. The molecule has 0 aliphatic carbocycles. The Morgan fingerprint density at radius 3 is 0.967 bits per heavy atom. The molecule has 3 nitrogen and oxygen atoms in total. The van der Waals surface area contributed by atoms with Gasteiger partial charge < -0.3 is 4.55 Å². The molecule has 0 amide bonds. The van der Waals surface area contributed by atoms with Crippen molar-refractivity contribution in [2.24, 2.45) is 0 Å². The van der Waals surface area contributed by atoms with E-state index >= 15 is 0 Å². The average Bonchev–Trinajstić information content (AvgIpc) is 2.41. The van der Waals surface area contributed by atoms with E-state index in [1.807, 2.05) is 0 Å². The topological polar surface area (TPSA) is 57.2 Å². The van der Waals surface area contributed by atoms with Gasteiger partial charge in [-0.15, -0.1) is 0 Å². The van der Waals surface area contributed by atoms with Crippen LogP contribution in [0.15, 0.2) is 0 Å². The van der Waals surface area contributed by atoms with E-state index in [0.29, 0.717) is 0 Å². The molecule has 0 aromatic rings. The van der Waals surface area contributed by atoms with Gasteiger partial charge in [0.2, 0.25) is 0 Å². The molecule has 30 heavy (non-hydrogen) atoms. The Balaban J connectivity index is 0. The van der Waals surface area contributed by atoms with E-state index in [2.05, 4.69) is 0 Å². The van der Waals surface area contributed by atoms with Crippen LogP contribution in [0.5, 0.6) is 0 Å². The summed E-state index contributed by atoms with van der Waals surface area (Å²) >= 11 is 0. The van der Waals surface area contributed by atoms with E-state index in [4.69, 9.17) is 0 Å². The molecule has 0 N–H and O–H groups in total. The van der Waals surface area contributed by atoms with E-state index in [1.165, 1.54) is 0 Å². The van der Waals surface area contributed by atoms with E-state index in [1.54, 1.807) is 0 Å². The summed E-state index contributed by atoms with van der Waals surface area (Å²) in [6.07, 6.45) is -16.6. The number of halogens is 17. The predicted molar refractivity (Wildman–Crippen MR) is 50.4 cm³/mol. The Labute approximate surface area is 174 Å². The van der Waals surface area contributed by atoms with E-state index < -0.39 is 57.1 Å². The zero-order valence-electron chi connectivity index (χ0n) is 13.1. The number of hydrogen-bond donors (Lipinski definition) is 0. The first kappa shape index (κ1) is 31.9. The minimum atomic E-state index is -9.15. The SMILES string of the molecule is O=S(=O)([O-])C(F)(F)C(F)(F)C(F)(C(F)(F)F)C(F)(F)C(F)(F)C(F)(F)C(F)(F)F.[Na+]. The van der Waals surface area contributed by atoms with Crippen LogP contribution in [0.3, 0.4) is 0 Å². The second-order valence-corrected chi connectivity index (χ2v) is 6.34. The number of rotatable bonds is 6. The average molecular weight is 522 g/mol. The van der Waals surface area contributed by atoms with Crippen molar-refractivity contribution in [3.8, 4) is 0 Å². The molecule has 0 aromatic heterocycles. The van der Waals surface area contributed by atoms with Crippen molar-refractivity contribution in [2.45, 2.75) is 47.0 Å². The third kappa shape index (κ3) is 3.85. The molecular formula is C8F17NaO3S. The molecule has 0 bridgehead atoms. The van der Waals surface area contributed by atoms with Crippen molar-refractivity contribution in [2.75, 3.05) is 0 Å². The predicted octanol–water partition coefficient (Wildman–Crippen LogP) is 1.50. The first-order chi connectivity index (χ1) is 12.0. The summed E-state index contributed by atoms with van der Waals surface area (Å²) in [5.74, 6) is -35.3. The summed E-state index contributed by atoms with van der Waals surface area (Å²) in [4.78, 5) is 0. The monoisotopic (exact) mass is 522 g/mol. The third-order valence-electron chi connectivity index (χ3n) is 3.08. The fraction of sp³-hybridized carbons (Fsp3) is 1.00. The van der Waals surface area contributed by atoms with Crippen LogP contribution < -0.4 is 29.6 Å². The Bertz CT molecular complexity index is 737. The summed E-state index contributed by atoms with van der Waals surface area (Å²) in [6, 6.07) is 0. The van der Waals surface area contributed by atoms with Crippen molar-refractivity contribution in [1.82, 2.24) is 0 Å². The van der Waals surface area contributed by atoms with Gasteiger partial charge in [-0.05, 0) is 0 Å². The first-order valence-electron chi connectivity index (χ1n) is 5.67. The van der Waals surface area contributed by atoms with Crippen molar-refractivity contribution >= 4 is 10.1 Å². The van der Waals surface area contributed by atoms with Gasteiger partial charge in [-0.2, -0.15) is 70.2 Å². The maximum Gasteiger partial charge on any atom is 1.00 e. The Hall–Kier alpha value is -0.280. The molecule has 0 saturated carbocycles. The molecule has 0 spiro atoms. The molecule has 0 radical (unpaired) electrons. The molecule has 0 aromatic carbocycles.